The Bertz CT molecular complexity index is 741. The molecule has 3 rings (SSSR count). The van der Waals surface area contributed by atoms with Gasteiger partial charge in [0.2, 0.25) is 11.8 Å². The van der Waals surface area contributed by atoms with Gasteiger partial charge in [-0.05, 0) is 0 Å². The van der Waals surface area contributed by atoms with Crippen molar-refractivity contribution in [3.63, 3.8) is 0 Å². The van der Waals surface area contributed by atoms with Gasteiger partial charge in [0.1, 0.15) is 0 Å². The quantitative estimate of drug-likeness (QED) is 0.698. The molecule has 144 valence electrons. The molecule has 0 saturated carbocycles. The number of morpholine rings is 1. The Labute approximate surface area is 157 Å². The lowest BCUT2D eigenvalue weighted by molar-refractivity contribution is -0.125. The summed E-state index contributed by atoms with van der Waals surface area (Å²) in [6.45, 7) is 4.52. The highest BCUT2D eigenvalue weighted by Gasteiger charge is 2.13. The van der Waals surface area contributed by atoms with Crippen LogP contribution in [0.25, 0.3) is 11.3 Å². The summed E-state index contributed by atoms with van der Waals surface area (Å²) in [6.07, 6.45) is 0.0669. The average molecular weight is 372 g/mol. The molecule has 2 heterocycles. The Morgan fingerprint density at radius 1 is 1.07 bits per heavy atom. The van der Waals surface area contributed by atoms with Crippen LogP contribution in [0.15, 0.2) is 40.9 Å². The topological polar surface area (TPSA) is 96.7 Å². The third kappa shape index (κ3) is 6.19. The Balaban J connectivity index is 1.34. The molecular weight excluding hydrogens is 348 g/mol. The first-order valence-corrected chi connectivity index (χ1v) is 9.05. The third-order valence-corrected chi connectivity index (χ3v) is 4.26. The van der Waals surface area contributed by atoms with Crippen LogP contribution >= 0.6 is 0 Å². The number of benzene rings is 1. The molecule has 1 aliphatic heterocycles. The van der Waals surface area contributed by atoms with Gasteiger partial charge >= 0.3 is 0 Å². The van der Waals surface area contributed by atoms with Gasteiger partial charge in [0.25, 0.3) is 0 Å². The minimum absolute atomic E-state index is 0.0503. The van der Waals surface area contributed by atoms with Crippen LogP contribution < -0.4 is 10.6 Å². The number of hydrogen-bond acceptors (Lipinski definition) is 6. The molecule has 0 aliphatic carbocycles. The van der Waals surface area contributed by atoms with Gasteiger partial charge < -0.3 is 19.9 Å². The zero-order valence-electron chi connectivity index (χ0n) is 15.1. The smallest absolute Gasteiger partial charge is 0.239 e. The number of amides is 2. The highest BCUT2D eigenvalue weighted by molar-refractivity contribution is 5.85. The lowest BCUT2D eigenvalue weighted by Crippen LogP contribution is -2.43. The van der Waals surface area contributed by atoms with Crippen molar-refractivity contribution in [3.8, 4) is 11.3 Å². The Morgan fingerprint density at radius 3 is 2.63 bits per heavy atom. The van der Waals surface area contributed by atoms with Crippen LogP contribution in [0.4, 0.5) is 0 Å². The molecule has 2 N–H and O–H groups in total. The molecule has 0 bridgehead atoms. The van der Waals surface area contributed by atoms with Gasteiger partial charge in [0.05, 0.1) is 31.9 Å². The Morgan fingerprint density at radius 2 is 1.85 bits per heavy atom. The number of carbonyl (C=O) groups is 2. The van der Waals surface area contributed by atoms with Gasteiger partial charge in [0, 0.05) is 37.8 Å². The van der Waals surface area contributed by atoms with E-state index in [0.717, 1.165) is 38.4 Å². The fraction of sp³-hybridized carbons (Fsp3) is 0.421. The molecule has 1 aliphatic rings. The van der Waals surface area contributed by atoms with Crippen LogP contribution in [0.2, 0.25) is 0 Å². The standard InChI is InChI=1S/C19H24N4O4/c24-18(13-16-12-17(27-22-16)15-4-2-1-3-5-15)21-14-19(25)20-6-7-23-8-10-26-11-9-23/h1-5,12H,6-11,13-14H2,(H,20,25)(H,21,24). The Kier molecular flexibility index (Phi) is 6.95. The van der Waals surface area contributed by atoms with Gasteiger partial charge in [-0.2, -0.15) is 0 Å². The summed E-state index contributed by atoms with van der Waals surface area (Å²) >= 11 is 0. The minimum Gasteiger partial charge on any atom is -0.379 e. The first-order valence-electron chi connectivity index (χ1n) is 9.05. The predicted molar refractivity (Wildman–Crippen MR) is 98.9 cm³/mol. The van der Waals surface area contributed by atoms with Crippen molar-refractivity contribution in [3.05, 3.63) is 42.1 Å². The van der Waals surface area contributed by atoms with E-state index < -0.39 is 0 Å². The van der Waals surface area contributed by atoms with Crippen LogP contribution in [0.1, 0.15) is 5.69 Å². The van der Waals surface area contributed by atoms with Crippen LogP contribution in [-0.4, -0.2) is 67.8 Å². The third-order valence-electron chi connectivity index (χ3n) is 4.26. The van der Waals surface area contributed by atoms with Crippen LogP contribution in [0, 0.1) is 0 Å². The van der Waals surface area contributed by atoms with E-state index in [2.05, 4.69) is 20.7 Å². The first kappa shape index (κ1) is 19.1. The van der Waals surface area contributed by atoms with Gasteiger partial charge in [-0.1, -0.05) is 35.5 Å². The summed E-state index contributed by atoms with van der Waals surface area (Å²) in [6, 6.07) is 11.3. The van der Waals surface area contributed by atoms with E-state index in [-0.39, 0.29) is 24.8 Å². The van der Waals surface area contributed by atoms with E-state index >= 15 is 0 Å². The van der Waals surface area contributed by atoms with E-state index in [0.29, 0.717) is 18.0 Å². The molecule has 8 nitrogen and oxygen atoms in total. The number of nitrogens with zero attached hydrogens (tertiary/aromatic N) is 2. The maximum Gasteiger partial charge on any atom is 0.239 e. The summed E-state index contributed by atoms with van der Waals surface area (Å²) in [7, 11) is 0. The van der Waals surface area contributed by atoms with Crippen molar-refractivity contribution in [2.45, 2.75) is 6.42 Å². The molecule has 0 spiro atoms. The van der Waals surface area contributed by atoms with Crippen molar-refractivity contribution in [2.24, 2.45) is 0 Å². The molecule has 8 heteroatoms. The predicted octanol–water partition coefficient (Wildman–Crippen LogP) is 0.449. The maximum atomic E-state index is 12.0. The van der Waals surface area contributed by atoms with E-state index in [9.17, 15) is 9.59 Å². The second-order valence-corrected chi connectivity index (χ2v) is 6.31. The number of ether oxygens (including phenoxy) is 1. The monoisotopic (exact) mass is 372 g/mol. The number of hydrogen-bond donors (Lipinski definition) is 2. The maximum absolute atomic E-state index is 12.0. The Hall–Kier alpha value is -2.71. The van der Waals surface area contributed by atoms with Crippen molar-refractivity contribution in [1.29, 1.82) is 0 Å². The lowest BCUT2D eigenvalue weighted by Gasteiger charge is -2.26. The van der Waals surface area contributed by atoms with Gasteiger partial charge in [-0.15, -0.1) is 0 Å². The number of aromatic nitrogens is 1. The highest BCUT2D eigenvalue weighted by atomic mass is 16.5. The normalized spacial score (nSPS) is 14.7. The summed E-state index contributed by atoms with van der Waals surface area (Å²) in [5.74, 6) is 0.132. The van der Waals surface area contributed by atoms with Gasteiger partial charge in [-0.25, -0.2) is 0 Å². The number of carbonyl (C=O) groups excluding carboxylic acids is 2. The fourth-order valence-electron chi connectivity index (χ4n) is 2.78. The molecule has 1 saturated heterocycles. The summed E-state index contributed by atoms with van der Waals surface area (Å²) in [4.78, 5) is 26.0. The van der Waals surface area contributed by atoms with Crippen molar-refractivity contribution >= 4 is 11.8 Å². The van der Waals surface area contributed by atoms with Crippen molar-refractivity contribution in [1.82, 2.24) is 20.7 Å². The second-order valence-electron chi connectivity index (χ2n) is 6.31. The zero-order chi connectivity index (χ0) is 18.9. The largest absolute Gasteiger partial charge is 0.379 e. The van der Waals surface area contributed by atoms with Crippen LogP contribution in [0.5, 0.6) is 0 Å². The molecular formula is C19H24N4O4. The van der Waals surface area contributed by atoms with Crippen molar-refractivity contribution in [2.75, 3.05) is 45.9 Å². The fourth-order valence-corrected chi connectivity index (χ4v) is 2.78. The lowest BCUT2D eigenvalue weighted by atomic mass is 10.1. The molecule has 2 aromatic rings. The van der Waals surface area contributed by atoms with E-state index in [1.54, 1.807) is 6.07 Å². The highest BCUT2D eigenvalue weighted by Crippen LogP contribution is 2.19. The summed E-state index contributed by atoms with van der Waals surface area (Å²) in [5.41, 5.74) is 1.43. The zero-order valence-corrected chi connectivity index (χ0v) is 15.1. The van der Waals surface area contributed by atoms with Crippen molar-refractivity contribution < 1.29 is 18.8 Å². The van der Waals surface area contributed by atoms with Crippen LogP contribution in [-0.2, 0) is 20.7 Å². The van der Waals surface area contributed by atoms with Gasteiger partial charge in [-0.3, -0.25) is 14.5 Å². The van der Waals surface area contributed by atoms with Gasteiger partial charge in [0.15, 0.2) is 5.76 Å². The average Bonchev–Trinajstić information content (AvgIpc) is 3.16. The summed E-state index contributed by atoms with van der Waals surface area (Å²) < 4.78 is 10.5. The molecule has 1 aromatic carbocycles. The van der Waals surface area contributed by atoms with E-state index in [1.165, 1.54) is 0 Å². The number of rotatable bonds is 8. The molecule has 1 aromatic heterocycles. The molecule has 2 amide bonds. The molecule has 0 radical (unpaired) electrons. The molecule has 1 fully saturated rings. The van der Waals surface area contributed by atoms with Crippen LogP contribution in [0.3, 0.4) is 0 Å². The first-order chi connectivity index (χ1) is 13.2. The van der Waals surface area contributed by atoms with E-state index in [4.69, 9.17) is 9.26 Å². The SMILES string of the molecule is O=C(CNC(=O)Cc1cc(-c2ccccc2)on1)NCCN1CCOCC1. The minimum atomic E-state index is -0.272. The number of nitrogens with one attached hydrogen (secondary N) is 2. The molecule has 0 unspecified atom stereocenters. The van der Waals surface area contributed by atoms with E-state index in [1.807, 2.05) is 30.3 Å². The second kappa shape index (κ2) is 9.84. The molecule has 27 heavy (non-hydrogen) atoms. The summed E-state index contributed by atoms with van der Waals surface area (Å²) in [5, 5.41) is 9.32. The molecule has 0 atom stereocenters.